The van der Waals surface area contributed by atoms with Gasteiger partial charge in [0.1, 0.15) is 0 Å². The molecular weight excluding hydrogens is 274 g/mol. The van der Waals surface area contributed by atoms with Gasteiger partial charge in [0.05, 0.1) is 0 Å². The molecule has 2 saturated heterocycles. The number of urea groups is 1. The summed E-state index contributed by atoms with van der Waals surface area (Å²) in [5.74, 6) is 0. The van der Waals surface area contributed by atoms with Crippen LogP contribution in [0.2, 0.25) is 0 Å². The second kappa shape index (κ2) is 7.49. The van der Waals surface area contributed by atoms with E-state index in [1.54, 1.807) is 0 Å². The number of hydrogen-bond donors (Lipinski definition) is 2. The summed E-state index contributed by atoms with van der Waals surface area (Å²) < 4.78 is 0. The highest BCUT2D eigenvalue weighted by Gasteiger charge is 2.38. The number of fused-ring (bicyclic) bond motifs is 2. The van der Waals surface area contributed by atoms with Crippen molar-refractivity contribution in [3.05, 3.63) is 12.7 Å². The lowest BCUT2D eigenvalue weighted by atomic mass is 9.82. The van der Waals surface area contributed by atoms with Gasteiger partial charge in [-0.2, -0.15) is 0 Å². The van der Waals surface area contributed by atoms with Crippen molar-refractivity contribution in [1.82, 2.24) is 15.5 Å². The summed E-state index contributed by atoms with van der Waals surface area (Å²) in [7, 11) is 0. The Morgan fingerprint density at radius 2 is 1.59 bits per heavy atom. The number of amides is 2. The first kappa shape index (κ1) is 15.9. The molecule has 4 nitrogen and oxygen atoms in total. The summed E-state index contributed by atoms with van der Waals surface area (Å²) in [5.41, 5.74) is 0. The molecule has 0 aromatic heterocycles. The van der Waals surface area contributed by atoms with Gasteiger partial charge in [0.2, 0.25) is 0 Å². The minimum Gasteiger partial charge on any atom is -0.335 e. The maximum Gasteiger partial charge on any atom is 0.315 e. The number of rotatable bonds is 4. The summed E-state index contributed by atoms with van der Waals surface area (Å²) in [5, 5.41) is 6.44. The van der Waals surface area contributed by atoms with E-state index < -0.39 is 0 Å². The lowest BCUT2D eigenvalue weighted by molar-refractivity contribution is 0.0370. The van der Waals surface area contributed by atoms with Crippen molar-refractivity contribution in [1.29, 1.82) is 0 Å². The van der Waals surface area contributed by atoms with E-state index in [1.807, 2.05) is 6.08 Å². The van der Waals surface area contributed by atoms with Crippen molar-refractivity contribution < 1.29 is 4.79 Å². The summed E-state index contributed by atoms with van der Waals surface area (Å²) in [6.07, 6.45) is 14.2. The highest BCUT2D eigenvalue weighted by Crippen LogP contribution is 2.33. The van der Waals surface area contributed by atoms with Gasteiger partial charge in [-0.3, -0.25) is 4.90 Å². The Morgan fingerprint density at radius 1 is 0.955 bits per heavy atom. The van der Waals surface area contributed by atoms with Gasteiger partial charge in [-0.1, -0.05) is 31.8 Å². The van der Waals surface area contributed by atoms with Gasteiger partial charge in [-0.25, -0.2) is 4.79 Å². The summed E-state index contributed by atoms with van der Waals surface area (Å²) in [6, 6.07) is 2.07. The van der Waals surface area contributed by atoms with Gasteiger partial charge in [-0.05, 0) is 38.5 Å². The fourth-order valence-corrected chi connectivity index (χ4v) is 4.70. The predicted molar refractivity (Wildman–Crippen MR) is 89.9 cm³/mol. The Kier molecular flexibility index (Phi) is 5.40. The molecule has 22 heavy (non-hydrogen) atoms. The van der Waals surface area contributed by atoms with Crippen molar-refractivity contribution in [3.63, 3.8) is 0 Å². The Labute approximate surface area is 134 Å². The first-order chi connectivity index (χ1) is 10.8. The van der Waals surface area contributed by atoms with Crippen LogP contribution < -0.4 is 10.6 Å². The van der Waals surface area contributed by atoms with Crippen LogP contribution in [-0.4, -0.2) is 41.6 Å². The molecule has 3 aliphatic rings. The molecule has 2 aliphatic heterocycles. The third-order valence-corrected chi connectivity index (χ3v) is 5.74. The highest BCUT2D eigenvalue weighted by molar-refractivity contribution is 5.74. The smallest absolute Gasteiger partial charge is 0.315 e. The van der Waals surface area contributed by atoms with E-state index in [0.717, 1.165) is 32.2 Å². The van der Waals surface area contributed by atoms with Crippen LogP contribution in [0, 0.1) is 0 Å². The van der Waals surface area contributed by atoms with Crippen molar-refractivity contribution >= 4 is 6.03 Å². The Hall–Kier alpha value is -1.03. The van der Waals surface area contributed by atoms with E-state index in [2.05, 4.69) is 22.1 Å². The number of nitrogens with one attached hydrogen (secondary N) is 2. The molecular formula is C18H31N3O. The summed E-state index contributed by atoms with van der Waals surface area (Å²) in [4.78, 5) is 14.9. The van der Waals surface area contributed by atoms with Crippen molar-refractivity contribution in [2.45, 2.75) is 88.4 Å². The van der Waals surface area contributed by atoms with E-state index in [4.69, 9.17) is 0 Å². The zero-order valence-electron chi connectivity index (χ0n) is 13.7. The Balaban J connectivity index is 1.49. The highest BCUT2D eigenvalue weighted by atomic mass is 16.2. The number of nitrogens with zero attached hydrogens (tertiary/aromatic N) is 1. The van der Waals surface area contributed by atoms with Crippen molar-refractivity contribution in [3.8, 4) is 0 Å². The summed E-state index contributed by atoms with van der Waals surface area (Å²) >= 11 is 0. The van der Waals surface area contributed by atoms with E-state index in [1.165, 1.54) is 38.5 Å². The minimum atomic E-state index is 0.0622. The normalized spacial score (nSPS) is 33.2. The average Bonchev–Trinajstić information content (AvgIpc) is 2.49. The van der Waals surface area contributed by atoms with Gasteiger partial charge in [0.25, 0.3) is 0 Å². The zero-order chi connectivity index (χ0) is 15.4. The lowest BCUT2D eigenvalue weighted by Crippen LogP contribution is -2.58. The van der Waals surface area contributed by atoms with Gasteiger partial charge in [0.15, 0.2) is 0 Å². The topological polar surface area (TPSA) is 44.4 Å². The van der Waals surface area contributed by atoms with E-state index in [-0.39, 0.29) is 6.03 Å². The molecule has 0 aromatic carbocycles. The van der Waals surface area contributed by atoms with Gasteiger partial charge < -0.3 is 10.6 Å². The van der Waals surface area contributed by atoms with Crippen LogP contribution in [0.25, 0.3) is 0 Å². The molecule has 3 rings (SSSR count). The van der Waals surface area contributed by atoms with Crippen LogP contribution in [0.3, 0.4) is 0 Å². The Bertz CT molecular complexity index is 378. The zero-order valence-corrected chi connectivity index (χ0v) is 13.7. The number of carbonyl (C=O) groups excluding carboxylic acids is 1. The largest absolute Gasteiger partial charge is 0.335 e. The van der Waals surface area contributed by atoms with Crippen LogP contribution >= 0.6 is 0 Å². The van der Waals surface area contributed by atoms with Gasteiger partial charge in [-0.15, -0.1) is 6.58 Å². The first-order valence-electron chi connectivity index (χ1n) is 9.20. The maximum absolute atomic E-state index is 12.3. The number of piperidine rings is 2. The molecule has 2 amide bonds. The van der Waals surface area contributed by atoms with E-state index >= 15 is 0 Å². The molecule has 2 heterocycles. The average molecular weight is 305 g/mol. The fourth-order valence-electron chi connectivity index (χ4n) is 4.70. The fraction of sp³-hybridized carbons (Fsp3) is 0.833. The molecule has 0 aromatic rings. The maximum atomic E-state index is 12.3. The first-order valence-corrected chi connectivity index (χ1v) is 9.20. The molecule has 0 spiro atoms. The molecule has 124 valence electrons. The molecule has 2 N–H and O–H groups in total. The minimum absolute atomic E-state index is 0.0622. The van der Waals surface area contributed by atoms with E-state index in [9.17, 15) is 4.79 Å². The molecule has 1 aliphatic carbocycles. The van der Waals surface area contributed by atoms with Crippen molar-refractivity contribution in [2.75, 3.05) is 6.54 Å². The third-order valence-electron chi connectivity index (χ3n) is 5.74. The SMILES string of the molecule is C=CCN1[C@H]2CCC[C@H]1CC(NC(=O)NC1CCCCC1)C2. The number of carbonyl (C=O) groups is 1. The quantitative estimate of drug-likeness (QED) is 0.784. The van der Waals surface area contributed by atoms with Crippen LogP contribution in [0.15, 0.2) is 12.7 Å². The van der Waals surface area contributed by atoms with Crippen LogP contribution in [0.1, 0.15) is 64.2 Å². The molecule has 0 radical (unpaired) electrons. The van der Waals surface area contributed by atoms with E-state index in [0.29, 0.717) is 24.2 Å². The molecule has 1 saturated carbocycles. The molecule has 2 bridgehead atoms. The predicted octanol–water partition coefficient (Wildman–Crippen LogP) is 3.19. The second-order valence-electron chi connectivity index (χ2n) is 7.35. The van der Waals surface area contributed by atoms with Crippen LogP contribution in [-0.2, 0) is 0 Å². The monoisotopic (exact) mass is 305 g/mol. The van der Waals surface area contributed by atoms with Crippen LogP contribution in [0.5, 0.6) is 0 Å². The third kappa shape index (κ3) is 3.83. The second-order valence-corrected chi connectivity index (χ2v) is 7.35. The van der Waals surface area contributed by atoms with Crippen molar-refractivity contribution in [2.24, 2.45) is 0 Å². The molecule has 4 heteroatoms. The molecule has 3 fully saturated rings. The number of hydrogen-bond acceptors (Lipinski definition) is 2. The standard InChI is InChI=1S/C18H31N3O/c1-2-11-21-16-9-6-10-17(21)13-15(12-16)20-18(22)19-14-7-4-3-5-8-14/h2,14-17H,1,3-13H2,(H2,19,20,22)/t16-,17-/m0/s1. The van der Waals surface area contributed by atoms with Crippen LogP contribution in [0.4, 0.5) is 4.79 Å². The van der Waals surface area contributed by atoms with Gasteiger partial charge >= 0.3 is 6.03 Å². The molecule has 0 unspecified atom stereocenters. The van der Waals surface area contributed by atoms with Gasteiger partial charge in [0, 0.05) is 30.7 Å². The Morgan fingerprint density at radius 3 is 2.23 bits per heavy atom. The summed E-state index contributed by atoms with van der Waals surface area (Å²) in [6.45, 7) is 4.89. The molecule has 2 atom stereocenters. The lowest BCUT2D eigenvalue weighted by Gasteiger charge is -2.48.